The number of likely N-dealkylation sites (N-methyl/N-ethyl adjacent to an activating group) is 2. The molecule has 2 aromatic rings. The molecular formula is C16H21N3. The molecule has 0 spiro atoms. The van der Waals surface area contributed by atoms with Crippen LogP contribution >= 0.6 is 0 Å². The van der Waals surface area contributed by atoms with Crippen molar-refractivity contribution in [3.63, 3.8) is 0 Å². The van der Waals surface area contributed by atoms with Gasteiger partial charge in [-0.3, -0.25) is 9.88 Å². The maximum absolute atomic E-state index is 4.36. The lowest BCUT2D eigenvalue weighted by atomic mass is 10.1. The van der Waals surface area contributed by atoms with Gasteiger partial charge in [-0.25, -0.2) is 0 Å². The molecule has 0 aliphatic rings. The third kappa shape index (κ3) is 4.16. The summed E-state index contributed by atoms with van der Waals surface area (Å²) in [4.78, 5) is 6.65. The Hall–Kier alpha value is -1.71. The molecule has 1 unspecified atom stereocenters. The van der Waals surface area contributed by atoms with Gasteiger partial charge in [-0.1, -0.05) is 36.4 Å². The largest absolute Gasteiger partial charge is 0.312 e. The monoisotopic (exact) mass is 255 g/mol. The molecule has 1 aromatic carbocycles. The van der Waals surface area contributed by atoms with Crippen LogP contribution < -0.4 is 5.32 Å². The highest BCUT2D eigenvalue weighted by Gasteiger charge is 2.11. The topological polar surface area (TPSA) is 28.2 Å². The van der Waals surface area contributed by atoms with Crippen LogP contribution in [-0.2, 0) is 6.54 Å². The highest BCUT2D eigenvalue weighted by Crippen LogP contribution is 2.13. The Morgan fingerprint density at radius 3 is 2.47 bits per heavy atom. The Kier molecular flexibility index (Phi) is 5.07. The molecule has 1 heterocycles. The number of rotatable bonds is 6. The molecule has 100 valence electrons. The highest BCUT2D eigenvalue weighted by atomic mass is 15.1. The number of pyridine rings is 1. The summed E-state index contributed by atoms with van der Waals surface area (Å²) in [5.41, 5.74) is 2.42. The van der Waals surface area contributed by atoms with Crippen LogP contribution in [0.5, 0.6) is 0 Å². The molecule has 0 bridgehead atoms. The fourth-order valence-corrected chi connectivity index (χ4v) is 2.19. The zero-order valence-electron chi connectivity index (χ0n) is 11.6. The Labute approximate surface area is 115 Å². The smallest absolute Gasteiger partial charge is 0.0543 e. The first-order valence-corrected chi connectivity index (χ1v) is 6.60. The molecule has 0 saturated heterocycles. The predicted octanol–water partition coefficient (Wildman–Crippen LogP) is 2.47. The number of hydrogen-bond acceptors (Lipinski definition) is 3. The van der Waals surface area contributed by atoms with Crippen molar-refractivity contribution in [3.05, 3.63) is 66.0 Å². The second-order valence-electron chi connectivity index (χ2n) is 4.77. The van der Waals surface area contributed by atoms with Crippen molar-refractivity contribution in [3.8, 4) is 0 Å². The molecule has 19 heavy (non-hydrogen) atoms. The summed E-state index contributed by atoms with van der Waals surface area (Å²) in [7, 11) is 4.13. The van der Waals surface area contributed by atoms with Crippen LogP contribution in [-0.4, -0.2) is 30.5 Å². The van der Waals surface area contributed by atoms with Gasteiger partial charge in [0.1, 0.15) is 0 Å². The minimum Gasteiger partial charge on any atom is -0.312 e. The van der Waals surface area contributed by atoms with E-state index in [1.165, 1.54) is 5.56 Å². The van der Waals surface area contributed by atoms with E-state index < -0.39 is 0 Å². The van der Waals surface area contributed by atoms with Crippen LogP contribution in [0.25, 0.3) is 0 Å². The normalized spacial score (nSPS) is 12.6. The molecule has 0 fully saturated rings. The number of benzene rings is 1. The molecule has 1 atom stereocenters. The van der Waals surface area contributed by atoms with Gasteiger partial charge in [-0.05, 0) is 31.8 Å². The molecule has 1 N–H and O–H groups in total. The van der Waals surface area contributed by atoms with Crippen LogP contribution in [0, 0.1) is 0 Å². The second kappa shape index (κ2) is 7.02. The Bertz CT molecular complexity index is 470. The minimum absolute atomic E-state index is 0.343. The average Bonchev–Trinajstić information content (AvgIpc) is 2.47. The molecule has 1 aromatic heterocycles. The van der Waals surface area contributed by atoms with E-state index in [4.69, 9.17) is 0 Å². The summed E-state index contributed by atoms with van der Waals surface area (Å²) >= 11 is 0. The number of nitrogens with zero attached hydrogens (tertiary/aromatic N) is 2. The van der Waals surface area contributed by atoms with E-state index in [0.29, 0.717) is 6.04 Å². The van der Waals surface area contributed by atoms with Crippen molar-refractivity contribution < 1.29 is 0 Å². The van der Waals surface area contributed by atoms with E-state index in [1.54, 1.807) is 0 Å². The van der Waals surface area contributed by atoms with E-state index in [2.05, 4.69) is 52.6 Å². The lowest BCUT2D eigenvalue weighted by Gasteiger charge is -2.23. The molecule has 2 rings (SSSR count). The maximum atomic E-state index is 4.36. The Balaban J connectivity index is 1.95. The second-order valence-corrected chi connectivity index (χ2v) is 4.77. The lowest BCUT2D eigenvalue weighted by Crippen LogP contribution is -2.31. The van der Waals surface area contributed by atoms with E-state index >= 15 is 0 Å². The first-order chi connectivity index (χ1) is 9.29. The van der Waals surface area contributed by atoms with E-state index in [-0.39, 0.29) is 0 Å². The fraction of sp³-hybridized carbons (Fsp3) is 0.312. The average molecular weight is 255 g/mol. The molecule has 3 heteroatoms. The van der Waals surface area contributed by atoms with Gasteiger partial charge in [0.2, 0.25) is 0 Å². The van der Waals surface area contributed by atoms with Crippen LogP contribution in [0.3, 0.4) is 0 Å². The quantitative estimate of drug-likeness (QED) is 0.859. The van der Waals surface area contributed by atoms with Crippen molar-refractivity contribution >= 4 is 0 Å². The summed E-state index contributed by atoms with van der Waals surface area (Å²) in [6.45, 7) is 1.82. The summed E-state index contributed by atoms with van der Waals surface area (Å²) in [6, 6.07) is 16.9. The van der Waals surface area contributed by atoms with Gasteiger partial charge in [0.15, 0.2) is 0 Å². The van der Waals surface area contributed by atoms with E-state index in [1.807, 2.05) is 31.4 Å². The van der Waals surface area contributed by atoms with Crippen LogP contribution in [0.2, 0.25) is 0 Å². The van der Waals surface area contributed by atoms with Crippen LogP contribution in [0.1, 0.15) is 17.3 Å². The Morgan fingerprint density at radius 1 is 1.11 bits per heavy atom. The highest BCUT2D eigenvalue weighted by molar-refractivity contribution is 5.19. The lowest BCUT2D eigenvalue weighted by molar-refractivity contribution is 0.286. The predicted molar refractivity (Wildman–Crippen MR) is 78.8 cm³/mol. The molecule has 0 saturated carbocycles. The van der Waals surface area contributed by atoms with Crippen molar-refractivity contribution in [1.29, 1.82) is 0 Å². The first kappa shape index (κ1) is 13.7. The van der Waals surface area contributed by atoms with Crippen molar-refractivity contribution in [1.82, 2.24) is 15.2 Å². The zero-order valence-corrected chi connectivity index (χ0v) is 11.6. The van der Waals surface area contributed by atoms with Gasteiger partial charge < -0.3 is 5.32 Å². The first-order valence-electron chi connectivity index (χ1n) is 6.60. The van der Waals surface area contributed by atoms with Gasteiger partial charge in [0.05, 0.1) is 5.69 Å². The standard InChI is InChI=1S/C16H21N3/c1-17-16(14-8-4-3-5-9-14)13-19(2)12-15-10-6-7-11-18-15/h3-11,16-17H,12-13H2,1-2H3. The molecule has 0 aliphatic heterocycles. The van der Waals surface area contributed by atoms with Gasteiger partial charge in [0, 0.05) is 25.3 Å². The molecular weight excluding hydrogens is 234 g/mol. The van der Waals surface area contributed by atoms with E-state index in [0.717, 1.165) is 18.8 Å². The van der Waals surface area contributed by atoms with E-state index in [9.17, 15) is 0 Å². The molecule has 0 amide bonds. The number of aromatic nitrogens is 1. The summed E-state index contributed by atoms with van der Waals surface area (Å²) < 4.78 is 0. The third-order valence-corrected chi connectivity index (χ3v) is 3.20. The third-order valence-electron chi connectivity index (χ3n) is 3.20. The van der Waals surface area contributed by atoms with Gasteiger partial charge in [-0.2, -0.15) is 0 Å². The SMILES string of the molecule is CNC(CN(C)Cc1ccccn1)c1ccccc1. The zero-order chi connectivity index (χ0) is 13.5. The summed E-state index contributed by atoms with van der Waals surface area (Å²) in [5.74, 6) is 0. The maximum Gasteiger partial charge on any atom is 0.0543 e. The summed E-state index contributed by atoms with van der Waals surface area (Å²) in [6.07, 6.45) is 1.84. The van der Waals surface area contributed by atoms with Crippen LogP contribution in [0.15, 0.2) is 54.7 Å². The molecule has 0 aliphatic carbocycles. The minimum atomic E-state index is 0.343. The Morgan fingerprint density at radius 2 is 1.84 bits per heavy atom. The summed E-state index contributed by atoms with van der Waals surface area (Å²) in [5, 5.41) is 3.37. The fourth-order valence-electron chi connectivity index (χ4n) is 2.19. The van der Waals surface area contributed by atoms with Crippen molar-refractivity contribution in [2.24, 2.45) is 0 Å². The van der Waals surface area contributed by atoms with Crippen molar-refractivity contribution in [2.45, 2.75) is 12.6 Å². The van der Waals surface area contributed by atoms with Crippen molar-refractivity contribution in [2.75, 3.05) is 20.6 Å². The van der Waals surface area contributed by atoms with Gasteiger partial charge in [0.25, 0.3) is 0 Å². The molecule has 0 radical (unpaired) electrons. The van der Waals surface area contributed by atoms with Gasteiger partial charge >= 0.3 is 0 Å². The van der Waals surface area contributed by atoms with Gasteiger partial charge in [-0.15, -0.1) is 0 Å². The number of nitrogens with one attached hydrogen (secondary N) is 1. The molecule has 3 nitrogen and oxygen atoms in total. The van der Waals surface area contributed by atoms with Crippen LogP contribution in [0.4, 0.5) is 0 Å². The number of hydrogen-bond donors (Lipinski definition) is 1.